The molecule has 0 spiro atoms. The van der Waals surface area contributed by atoms with Crippen molar-refractivity contribution in [3.8, 4) is 5.75 Å². The first-order valence-electron chi connectivity index (χ1n) is 6.91. The third kappa shape index (κ3) is 4.20. The number of rotatable bonds is 6. The van der Waals surface area contributed by atoms with E-state index in [0.717, 1.165) is 11.1 Å². The highest BCUT2D eigenvalue weighted by Gasteiger charge is 2.03. The lowest BCUT2D eigenvalue weighted by Gasteiger charge is -2.07. The zero-order valence-electron chi connectivity index (χ0n) is 12.4. The Balaban J connectivity index is 1.91. The van der Waals surface area contributed by atoms with E-state index in [1.807, 2.05) is 48.6 Å². The van der Waals surface area contributed by atoms with Crippen LogP contribution in [0.2, 0.25) is 0 Å². The molecule has 2 rings (SSSR count). The van der Waals surface area contributed by atoms with Gasteiger partial charge in [-0.05, 0) is 29.8 Å². The number of aliphatic hydroxyl groups excluding tert-OH is 1. The minimum atomic E-state index is -0.348. The van der Waals surface area contributed by atoms with Crippen molar-refractivity contribution in [3.63, 3.8) is 0 Å². The topological polar surface area (TPSA) is 55.8 Å². The van der Waals surface area contributed by atoms with Crippen molar-refractivity contribution in [2.24, 2.45) is 0 Å². The van der Waals surface area contributed by atoms with Gasteiger partial charge in [0.25, 0.3) is 0 Å². The molecule has 0 atom stereocenters. The molecule has 2 aromatic carbocycles. The first kappa shape index (κ1) is 15.8. The normalized spacial score (nSPS) is 10.6. The minimum absolute atomic E-state index is 0.0467. The lowest BCUT2D eigenvalue weighted by Crippen LogP contribution is -2.00. The Morgan fingerprint density at radius 2 is 1.86 bits per heavy atom. The fourth-order valence-corrected chi connectivity index (χ4v) is 1.95. The Morgan fingerprint density at radius 3 is 2.55 bits per heavy atom. The number of carbonyl (C=O) groups excluding carboxylic acids is 1. The predicted molar refractivity (Wildman–Crippen MR) is 84.7 cm³/mol. The second-order valence-electron chi connectivity index (χ2n) is 4.59. The Morgan fingerprint density at radius 1 is 1.14 bits per heavy atom. The van der Waals surface area contributed by atoms with Crippen LogP contribution in [0.25, 0.3) is 6.08 Å². The van der Waals surface area contributed by atoms with Gasteiger partial charge in [0, 0.05) is 5.56 Å². The number of ether oxygens (including phenoxy) is 2. The third-order valence-corrected chi connectivity index (χ3v) is 3.12. The van der Waals surface area contributed by atoms with Crippen LogP contribution in [-0.2, 0) is 11.3 Å². The maximum Gasteiger partial charge on any atom is 0.337 e. The van der Waals surface area contributed by atoms with E-state index in [2.05, 4.69) is 4.74 Å². The summed E-state index contributed by atoms with van der Waals surface area (Å²) in [4.78, 5) is 11.3. The zero-order chi connectivity index (χ0) is 15.8. The molecule has 0 heterocycles. The predicted octanol–water partition coefficient (Wildman–Crippen LogP) is 3.06. The fraction of sp³-hybridized carbons (Fsp3) is 0.167. The van der Waals surface area contributed by atoms with Crippen LogP contribution in [0.15, 0.2) is 54.6 Å². The summed E-state index contributed by atoms with van der Waals surface area (Å²) in [6.07, 6.45) is 3.78. The molecule has 0 aromatic heterocycles. The van der Waals surface area contributed by atoms with Crippen molar-refractivity contribution < 1.29 is 19.4 Å². The van der Waals surface area contributed by atoms with E-state index in [4.69, 9.17) is 4.74 Å². The van der Waals surface area contributed by atoms with E-state index in [1.165, 1.54) is 7.11 Å². The van der Waals surface area contributed by atoms with Gasteiger partial charge >= 0.3 is 5.97 Å². The molecule has 4 nitrogen and oxygen atoms in total. The van der Waals surface area contributed by atoms with E-state index in [-0.39, 0.29) is 12.6 Å². The maximum atomic E-state index is 11.3. The molecule has 0 aliphatic rings. The highest BCUT2D eigenvalue weighted by atomic mass is 16.5. The van der Waals surface area contributed by atoms with Gasteiger partial charge in [-0.3, -0.25) is 0 Å². The van der Waals surface area contributed by atoms with E-state index >= 15 is 0 Å². The van der Waals surface area contributed by atoms with E-state index in [1.54, 1.807) is 12.1 Å². The van der Waals surface area contributed by atoms with Gasteiger partial charge in [0.1, 0.15) is 12.4 Å². The van der Waals surface area contributed by atoms with Crippen LogP contribution in [0.3, 0.4) is 0 Å². The number of hydrogen-bond donors (Lipinski definition) is 1. The molecule has 0 saturated heterocycles. The number of benzene rings is 2. The molecular formula is C18H18O4. The van der Waals surface area contributed by atoms with Crippen molar-refractivity contribution in [2.45, 2.75) is 6.61 Å². The molecule has 0 fully saturated rings. The largest absolute Gasteiger partial charge is 0.489 e. The molecule has 0 aliphatic heterocycles. The Hall–Kier alpha value is -2.59. The van der Waals surface area contributed by atoms with Gasteiger partial charge in [-0.25, -0.2) is 4.79 Å². The smallest absolute Gasteiger partial charge is 0.337 e. The third-order valence-electron chi connectivity index (χ3n) is 3.12. The summed E-state index contributed by atoms with van der Waals surface area (Å²) < 4.78 is 10.3. The van der Waals surface area contributed by atoms with Gasteiger partial charge in [-0.15, -0.1) is 0 Å². The number of hydrogen-bond acceptors (Lipinski definition) is 4. The summed E-state index contributed by atoms with van der Waals surface area (Å²) in [5.74, 6) is 0.329. The molecule has 2 aromatic rings. The molecule has 0 saturated carbocycles. The Bertz CT molecular complexity index is 644. The standard InChI is InChI=1S/C18H18O4/c1-21-18(20)15-10-8-14(9-11-15)5-4-12-22-17-7-3-2-6-16(17)13-19/h2-11,19H,12-13H2,1H3. The van der Waals surface area contributed by atoms with Crippen LogP contribution >= 0.6 is 0 Å². The molecule has 114 valence electrons. The fourth-order valence-electron chi connectivity index (χ4n) is 1.95. The van der Waals surface area contributed by atoms with Gasteiger partial charge in [0.15, 0.2) is 0 Å². The monoisotopic (exact) mass is 298 g/mol. The van der Waals surface area contributed by atoms with Gasteiger partial charge in [0.05, 0.1) is 19.3 Å². The van der Waals surface area contributed by atoms with Crippen molar-refractivity contribution in [1.82, 2.24) is 0 Å². The summed E-state index contributed by atoms with van der Waals surface area (Å²) in [6, 6.07) is 14.5. The molecular weight excluding hydrogens is 280 g/mol. The number of para-hydroxylation sites is 1. The van der Waals surface area contributed by atoms with Gasteiger partial charge in [-0.1, -0.05) is 36.4 Å². The SMILES string of the molecule is COC(=O)c1ccc(C=CCOc2ccccc2CO)cc1. The summed E-state index contributed by atoms with van der Waals surface area (Å²) in [7, 11) is 1.36. The van der Waals surface area contributed by atoms with Gasteiger partial charge in [0.2, 0.25) is 0 Å². The van der Waals surface area contributed by atoms with Gasteiger partial charge < -0.3 is 14.6 Å². The number of carbonyl (C=O) groups is 1. The number of esters is 1. The van der Waals surface area contributed by atoms with E-state index < -0.39 is 0 Å². The minimum Gasteiger partial charge on any atom is -0.489 e. The van der Waals surface area contributed by atoms with Crippen LogP contribution < -0.4 is 4.74 Å². The van der Waals surface area contributed by atoms with Crippen molar-refractivity contribution in [3.05, 3.63) is 71.3 Å². The first-order valence-corrected chi connectivity index (χ1v) is 6.91. The molecule has 22 heavy (non-hydrogen) atoms. The molecule has 0 bridgehead atoms. The highest BCUT2D eigenvalue weighted by Crippen LogP contribution is 2.17. The second-order valence-corrected chi connectivity index (χ2v) is 4.59. The molecule has 0 aliphatic carbocycles. The van der Waals surface area contributed by atoms with Crippen molar-refractivity contribution in [2.75, 3.05) is 13.7 Å². The Kier molecular flexibility index (Phi) is 5.74. The second kappa shape index (κ2) is 8.00. The van der Waals surface area contributed by atoms with Crippen LogP contribution in [0.5, 0.6) is 5.75 Å². The maximum absolute atomic E-state index is 11.3. The van der Waals surface area contributed by atoms with Gasteiger partial charge in [-0.2, -0.15) is 0 Å². The van der Waals surface area contributed by atoms with E-state index in [0.29, 0.717) is 17.9 Å². The summed E-state index contributed by atoms with van der Waals surface area (Å²) in [5.41, 5.74) is 2.25. The first-order chi connectivity index (χ1) is 10.7. The molecule has 0 unspecified atom stereocenters. The van der Waals surface area contributed by atoms with E-state index in [9.17, 15) is 9.90 Å². The molecule has 1 N–H and O–H groups in total. The van der Waals surface area contributed by atoms with Crippen LogP contribution in [0.4, 0.5) is 0 Å². The van der Waals surface area contributed by atoms with Crippen molar-refractivity contribution >= 4 is 12.0 Å². The molecule has 0 radical (unpaired) electrons. The summed E-state index contributed by atoms with van der Waals surface area (Å²) in [6.45, 7) is 0.352. The van der Waals surface area contributed by atoms with Crippen LogP contribution in [0.1, 0.15) is 21.5 Å². The van der Waals surface area contributed by atoms with Crippen molar-refractivity contribution in [1.29, 1.82) is 0 Å². The lowest BCUT2D eigenvalue weighted by molar-refractivity contribution is 0.0600. The number of methoxy groups -OCH3 is 1. The summed E-state index contributed by atoms with van der Waals surface area (Å²) >= 11 is 0. The highest BCUT2D eigenvalue weighted by molar-refractivity contribution is 5.89. The molecule has 4 heteroatoms. The van der Waals surface area contributed by atoms with Crippen LogP contribution in [-0.4, -0.2) is 24.8 Å². The molecule has 0 amide bonds. The summed E-state index contributed by atoms with van der Waals surface area (Å²) in [5, 5.41) is 9.21. The average molecular weight is 298 g/mol. The zero-order valence-corrected chi connectivity index (χ0v) is 12.4. The Labute approximate surface area is 129 Å². The average Bonchev–Trinajstić information content (AvgIpc) is 2.59. The lowest BCUT2D eigenvalue weighted by atomic mass is 10.1. The van der Waals surface area contributed by atoms with Crippen LogP contribution in [0, 0.1) is 0 Å². The number of aliphatic hydroxyl groups is 1. The quantitative estimate of drug-likeness (QED) is 0.833.